The number of hydrogen-bond acceptors (Lipinski definition) is 0. The first-order valence-corrected chi connectivity index (χ1v) is 9.08. The average Bonchev–Trinajstić information content (AvgIpc) is 2.53. The lowest BCUT2D eigenvalue weighted by molar-refractivity contribution is 1.74. The summed E-state index contributed by atoms with van der Waals surface area (Å²) in [5.74, 6) is 0. The van der Waals surface area contributed by atoms with E-state index in [2.05, 4.69) is 37.4 Å². The zero-order valence-electron chi connectivity index (χ0n) is 11.2. The summed E-state index contributed by atoms with van der Waals surface area (Å²) in [5.41, 5.74) is 0. The summed E-state index contributed by atoms with van der Waals surface area (Å²) in [4.78, 5) is 0. The summed E-state index contributed by atoms with van der Waals surface area (Å²) in [5, 5.41) is 3.27. The van der Waals surface area contributed by atoms with Crippen molar-refractivity contribution in [2.45, 2.75) is 0 Å². The molecule has 0 radical (unpaired) electrons. The van der Waals surface area contributed by atoms with Gasteiger partial charge in [0.25, 0.3) is 0 Å². The number of allylic oxidation sites excluding steroid dienone is 4. The smallest absolute Gasteiger partial charge is 0.0989 e. The van der Waals surface area contributed by atoms with Crippen LogP contribution in [-0.4, -0.2) is 0 Å². The molecule has 2 rings (SSSR count). The molecular weight excluding hydrogens is 283 g/mol. The molecule has 0 aliphatic rings. The molecule has 0 spiro atoms. The Labute approximate surface area is 126 Å². The molecule has 0 aromatic heterocycles. The fourth-order valence-corrected chi connectivity index (χ4v) is 5.81. The van der Waals surface area contributed by atoms with Crippen LogP contribution in [0.1, 0.15) is 0 Å². The molecule has 0 heterocycles. The first kappa shape index (κ1) is 14.8. The summed E-state index contributed by atoms with van der Waals surface area (Å²) in [6, 6.07) is 20.4. The zero-order valence-corrected chi connectivity index (χ0v) is 12.9. The maximum Gasteiger partial charge on any atom is 0.210 e. The molecule has 0 bridgehead atoms. The molecule has 2 aromatic rings. The Kier molecular flexibility index (Phi) is 4.95. The van der Waals surface area contributed by atoms with Crippen LogP contribution in [0.3, 0.4) is 0 Å². The van der Waals surface area contributed by atoms with Crippen molar-refractivity contribution in [3.05, 3.63) is 97.4 Å². The minimum Gasteiger partial charge on any atom is -0.0989 e. The van der Waals surface area contributed by atoms with Crippen molar-refractivity contribution >= 4 is 28.5 Å². The van der Waals surface area contributed by atoms with Gasteiger partial charge >= 0.3 is 0 Å². The van der Waals surface area contributed by atoms with Gasteiger partial charge in [0.2, 0.25) is 6.62 Å². The highest BCUT2D eigenvalue weighted by Crippen LogP contribution is 2.68. The minimum absolute atomic E-state index is 1.02. The van der Waals surface area contributed by atoms with Crippen LogP contribution >= 0.6 is 17.9 Å². The topological polar surface area (TPSA) is 0 Å². The minimum atomic E-state index is -2.16. The fourth-order valence-electron chi connectivity index (χ4n) is 2.13. The van der Waals surface area contributed by atoms with Gasteiger partial charge in [-0.2, -0.15) is 0 Å². The molecule has 2 aromatic carbocycles. The van der Waals surface area contributed by atoms with Crippen LogP contribution in [0, 0.1) is 0 Å². The highest BCUT2D eigenvalue weighted by molar-refractivity contribution is 8.12. The normalized spacial score (nSPS) is 11.9. The zero-order chi connectivity index (χ0) is 14.4. The lowest BCUT2D eigenvalue weighted by Gasteiger charge is -2.19. The van der Waals surface area contributed by atoms with E-state index in [0.717, 1.165) is 15.9 Å². The second kappa shape index (κ2) is 6.70. The first-order valence-electron chi connectivity index (χ1n) is 6.39. The van der Waals surface area contributed by atoms with Gasteiger partial charge in [0.15, 0.2) is 0 Å². The second-order valence-corrected chi connectivity index (χ2v) is 8.54. The largest absolute Gasteiger partial charge is 0.210 e. The third kappa shape index (κ3) is 2.77. The van der Waals surface area contributed by atoms with Gasteiger partial charge in [0, 0.05) is 0 Å². The molecule has 0 N–H and O–H groups in total. The molecule has 20 heavy (non-hydrogen) atoms. The predicted molar refractivity (Wildman–Crippen MR) is 93.4 cm³/mol. The van der Waals surface area contributed by atoms with Crippen LogP contribution in [0.4, 0.5) is 0 Å². The Morgan fingerprint density at radius 2 is 1.30 bits per heavy atom. The number of hydrogen-bond donors (Lipinski definition) is 0. The Morgan fingerprint density at radius 3 is 1.65 bits per heavy atom. The van der Waals surface area contributed by atoms with E-state index in [-0.39, 0.29) is 0 Å². The molecule has 0 saturated heterocycles. The Morgan fingerprint density at radius 1 is 0.850 bits per heavy atom. The van der Waals surface area contributed by atoms with Gasteiger partial charge in [0.1, 0.15) is 27.2 Å². The number of benzene rings is 2. The van der Waals surface area contributed by atoms with Crippen molar-refractivity contribution in [1.29, 1.82) is 0 Å². The van der Waals surface area contributed by atoms with Gasteiger partial charge in [0.05, 0.1) is 0 Å². The van der Waals surface area contributed by atoms with Crippen LogP contribution in [0.15, 0.2) is 97.4 Å². The third-order valence-electron chi connectivity index (χ3n) is 3.08. The highest BCUT2D eigenvalue weighted by atomic mass is 35.7. The molecule has 0 saturated carbocycles. The third-order valence-corrected chi connectivity index (χ3v) is 7.90. The van der Waals surface area contributed by atoms with Crippen LogP contribution in [0.25, 0.3) is 0 Å². The van der Waals surface area contributed by atoms with E-state index >= 15 is 0 Å². The van der Waals surface area contributed by atoms with Crippen LogP contribution in [0.5, 0.6) is 0 Å². The lowest BCUT2D eigenvalue weighted by atomic mass is 10.4. The van der Waals surface area contributed by atoms with Gasteiger partial charge in [-0.15, -0.1) is 0 Å². The van der Waals surface area contributed by atoms with Gasteiger partial charge in [-0.1, -0.05) is 55.6 Å². The summed E-state index contributed by atoms with van der Waals surface area (Å²) in [6.07, 6.45) is 5.55. The molecule has 0 nitrogen and oxygen atoms in total. The van der Waals surface area contributed by atoms with Crippen molar-refractivity contribution < 1.29 is 0 Å². The number of halogens is 1. The van der Waals surface area contributed by atoms with E-state index in [9.17, 15) is 0 Å². The molecule has 0 fully saturated rings. The van der Waals surface area contributed by atoms with Gasteiger partial charge < -0.3 is 0 Å². The fraction of sp³-hybridized carbons (Fsp3) is 0. The molecule has 0 aliphatic carbocycles. The van der Waals surface area contributed by atoms with Crippen LogP contribution in [0.2, 0.25) is 0 Å². The first-order chi connectivity index (χ1) is 9.73. The highest BCUT2D eigenvalue weighted by Gasteiger charge is 2.45. The summed E-state index contributed by atoms with van der Waals surface area (Å²) < 4.78 is 0. The van der Waals surface area contributed by atoms with Crippen molar-refractivity contribution in [3.8, 4) is 0 Å². The van der Waals surface area contributed by atoms with E-state index in [4.69, 9.17) is 11.2 Å². The number of rotatable bonds is 5. The van der Waals surface area contributed by atoms with Crippen LogP contribution < -0.4 is 10.6 Å². The predicted octanol–water partition coefficient (Wildman–Crippen LogP) is 5.06. The summed E-state index contributed by atoms with van der Waals surface area (Å²) in [7, 11) is 0. The van der Waals surface area contributed by atoms with Crippen molar-refractivity contribution in [2.24, 2.45) is 0 Å². The van der Waals surface area contributed by atoms with Crippen molar-refractivity contribution in [1.82, 2.24) is 0 Å². The Bertz CT molecular complexity index is 575. The molecule has 2 heteroatoms. The van der Waals surface area contributed by atoms with Gasteiger partial charge in [-0.25, -0.2) is 0 Å². The van der Waals surface area contributed by atoms with Crippen molar-refractivity contribution in [3.63, 3.8) is 0 Å². The quantitative estimate of drug-likeness (QED) is 0.534. The van der Waals surface area contributed by atoms with Gasteiger partial charge in [-0.3, -0.25) is 0 Å². The van der Waals surface area contributed by atoms with E-state index in [1.165, 1.54) is 0 Å². The lowest BCUT2D eigenvalue weighted by Crippen LogP contribution is -2.18. The SMILES string of the molecule is C=C/C=C(\C=C)[P+](Cl)(c1ccccc1)c1ccccc1. The molecule has 100 valence electrons. The van der Waals surface area contributed by atoms with E-state index in [0.29, 0.717) is 0 Å². The van der Waals surface area contributed by atoms with Crippen molar-refractivity contribution in [2.75, 3.05) is 0 Å². The van der Waals surface area contributed by atoms with E-state index in [1.807, 2.05) is 48.6 Å². The maximum atomic E-state index is 7.16. The Hall–Kier alpha value is -1.62. The molecular formula is C18H17ClP+. The average molecular weight is 300 g/mol. The monoisotopic (exact) mass is 299 g/mol. The molecule has 0 aliphatic heterocycles. The molecule has 0 atom stereocenters. The van der Waals surface area contributed by atoms with Crippen LogP contribution in [-0.2, 0) is 0 Å². The van der Waals surface area contributed by atoms with E-state index < -0.39 is 6.62 Å². The molecule has 0 unspecified atom stereocenters. The van der Waals surface area contributed by atoms with E-state index in [1.54, 1.807) is 6.08 Å². The maximum absolute atomic E-state index is 7.16. The summed E-state index contributed by atoms with van der Waals surface area (Å²) >= 11 is 7.16. The molecule has 0 amide bonds. The second-order valence-electron chi connectivity index (χ2n) is 4.29. The van der Waals surface area contributed by atoms with Gasteiger partial charge in [-0.05, 0) is 36.4 Å². The standard InChI is InChI=1S/C18H17ClP/c1-3-11-16(4-2)20(19,17-12-7-5-8-13-17)18-14-9-6-10-15-18/h3-15H,1-2H2/q+1/b16-11+. The Balaban J connectivity index is 2.70. The summed E-state index contributed by atoms with van der Waals surface area (Å²) in [6.45, 7) is 5.55.